The Balaban J connectivity index is 2.16. The first-order valence-corrected chi connectivity index (χ1v) is 6.27. The van der Waals surface area contributed by atoms with Crippen molar-refractivity contribution in [1.29, 1.82) is 0 Å². The maximum atomic E-state index is 8.67. The van der Waals surface area contributed by atoms with Crippen LogP contribution in [0.25, 0.3) is 0 Å². The van der Waals surface area contributed by atoms with E-state index in [9.17, 15) is 0 Å². The van der Waals surface area contributed by atoms with Crippen LogP contribution in [0, 0.1) is 6.92 Å². The number of methoxy groups -OCH3 is 1. The lowest BCUT2D eigenvalue weighted by Crippen LogP contribution is -1.99. The molecule has 0 unspecified atom stereocenters. The number of rotatable bonds is 5. The molecule has 0 saturated carbocycles. The summed E-state index contributed by atoms with van der Waals surface area (Å²) >= 11 is 0. The first-order chi connectivity index (χ1) is 9.72. The molecule has 104 valence electrons. The lowest BCUT2D eigenvalue weighted by atomic mass is 10.1. The van der Waals surface area contributed by atoms with Gasteiger partial charge < -0.3 is 14.7 Å². The third-order valence-electron chi connectivity index (χ3n) is 2.93. The Labute approximate surface area is 118 Å². The van der Waals surface area contributed by atoms with Crippen molar-refractivity contribution >= 4 is 6.21 Å². The molecule has 2 aromatic rings. The number of hydrogen-bond donors (Lipinski definition) is 1. The minimum absolute atomic E-state index is 0.444. The molecule has 0 fully saturated rings. The Morgan fingerprint density at radius 3 is 2.55 bits per heavy atom. The van der Waals surface area contributed by atoms with Crippen LogP contribution in [0.5, 0.6) is 11.5 Å². The molecule has 0 aliphatic rings. The van der Waals surface area contributed by atoms with Crippen LogP contribution >= 0.6 is 0 Å². The van der Waals surface area contributed by atoms with Crippen LogP contribution in [-0.4, -0.2) is 18.5 Å². The third kappa shape index (κ3) is 3.51. The van der Waals surface area contributed by atoms with E-state index in [4.69, 9.17) is 14.7 Å². The minimum Gasteiger partial charge on any atom is -0.497 e. The highest BCUT2D eigenvalue weighted by molar-refractivity contribution is 5.83. The molecule has 0 heterocycles. The number of hydrogen-bond acceptors (Lipinski definition) is 4. The molecule has 0 spiro atoms. The average molecular weight is 271 g/mol. The second kappa shape index (κ2) is 6.61. The Morgan fingerprint density at radius 2 is 1.90 bits per heavy atom. The van der Waals surface area contributed by atoms with Gasteiger partial charge in [0.25, 0.3) is 0 Å². The van der Waals surface area contributed by atoms with Crippen LogP contribution in [0.1, 0.15) is 16.7 Å². The van der Waals surface area contributed by atoms with Crippen LogP contribution in [0.3, 0.4) is 0 Å². The molecule has 2 rings (SSSR count). The van der Waals surface area contributed by atoms with Crippen molar-refractivity contribution in [3.8, 4) is 11.5 Å². The van der Waals surface area contributed by atoms with E-state index in [2.05, 4.69) is 5.16 Å². The molecule has 0 radical (unpaired) electrons. The van der Waals surface area contributed by atoms with Gasteiger partial charge >= 0.3 is 0 Å². The predicted octanol–water partition coefficient (Wildman–Crippen LogP) is 3.39. The lowest BCUT2D eigenvalue weighted by Gasteiger charge is -2.11. The zero-order valence-electron chi connectivity index (χ0n) is 11.5. The van der Waals surface area contributed by atoms with Gasteiger partial charge in [0.2, 0.25) is 0 Å². The van der Waals surface area contributed by atoms with Gasteiger partial charge in [0.1, 0.15) is 18.1 Å². The molecule has 4 nitrogen and oxygen atoms in total. The highest BCUT2D eigenvalue weighted by atomic mass is 16.5. The standard InChI is InChI=1S/C16H17NO3/c1-12-3-5-13(6-4-12)11-20-16-9-15(19-2)8-7-14(16)10-17-18/h3-10,18H,11H2,1-2H3. The first-order valence-electron chi connectivity index (χ1n) is 6.27. The van der Waals surface area contributed by atoms with Crippen molar-refractivity contribution in [3.05, 3.63) is 59.2 Å². The van der Waals surface area contributed by atoms with Gasteiger partial charge in [-0.25, -0.2) is 0 Å². The van der Waals surface area contributed by atoms with Crippen LogP contribution in [0.4, 0.5) is 0 Å². The fourth-order valence-corrected chi connectivity index (χ4v) is 1.78. The van der Waals surface area contributed by atoms with Gasteiger partial charge in [-0.15, -0.1) is 0 Å². The molecule has 0 aliphatic carbocycles. The summed E-state index contributed by atoms with van der Waals surface area (Å²) in [7, 11) is 1.60. The Hall–Kier alpha value is -2.49. The van der Waals surface area contributed by atoms with E-state index >= 15 is 0 Å². The molecule has 20 heavy (non-hydrogen) atoms. The zero-order valence-corrected chi connectivity index (χ0v) is 11.5. The van der Waals surface area contributed by atoms with Gasteiger partial charge in [-0.3, -0.25) is 0 Å². The Morgan fingerprint density at radius 1 is 1.15 bits per heavy atom. The summed E-state index contributed by atoms with van der Waals surface area (Å²) in [6, 6.07) is 13.5. The van der Waals surface area contributed by atoms with Gasteiger partial charge in [-0.05, 0) is 24.6 Å². The number of aryl methyl sites for hydroxylation is 1. The molecule has 0 saturated heterocycles. The lowest BCUT2D eigenvalue weighted by molar-refractivity contribution is 0.301. The summed E-state index contributed by atoms with van der Waals surface area (Å²) in [4.78, 5) is 0. The average Bonchev–Trinajstić information content (AvgIpc) is 2.48. The van der Waals surface area contributed by atoms with E-state index in [1.807, 2.05) is 31.2 Å². The molecule has 2 aromatic carbocycles. The van der Waals surface area contributed by atoms with E-state index in [1.54, 1.807) is 25.3 Å². The molecule has 0 aliphatic heterocycles. The topological polar surface area (TPSA) is 51.0 Å². The summed E-state index contributed by atoms with van der Waals surface area (Å²) < 4.78 is 10.9. The van der Waals surface area contributed by atoms with Crippen LogP contribution < -0.4 is 9.47 Å². The smallest absolute Gasteiger partial charge is 0.132 e. The summed E-state index contributed by atoms with van der Waals surface area (Å²) in [5.41, 5.74) is 2.98. The molecular formula is C16H17NO3. The molecule has 4 heteroatoms. The quantitative estimate of drug-likeness (QED) is 0.515. The normalized spacial score (nSPS) is 10.7. The summed E-state index contributed by atoms with van der Waals surface area (Å²) in [5.74, 6) is 1.31. The van der Waals surface area contributed by atoms with Gasteiger partial charge in [0.05, 0.1) is 13.3 Å². The summed E-state index contributed by atoms with van der Waals surface area (Å²) in [5, 5.41) is 11.7. The Kier molecular flexibility index (Phi) is 4.60. The van der Waals surface area contributed by atoms with Crippen molar-refractivity contribution in [2.45, 2.75) is 13.5 Å². The fourth-order valence-electron chi connectivity index (χ4n) is 1.78. The van der Waals surface area contributed by atoms with Crippen molar-refractivity contribution in [2.24, 2.45) is 5.16 Å². The number of oxime groups is 1. The molecule has 0 aromatic heterocycles. The van der Waals surface area contributed by atoms with E-state index < -0.39 is 0 Å². The van der Waals surface area contributed by atoms with E-state index in [-0.39, 0.29) is 0 Å². The predicted molar refractivity (Wildman–Crippen MR) is 77.9 cm³/mol. The van der Waals surface area contributed by atoms with Crippen molar-refractivity contribution in [3.63, 3.8) is 0 Å². The number of nitrogens with zero attached hydrogens (tertiary/aromatic N) is 1. The molecule has 0 atom stereocenters. The second-order valence-electron chi connectivity index (χ2n) is 4.42. The summed E-state index contributed by atoms with van der Waals surface area (Å²) in [6.45, 7) is 2.49. The maximum absolute atomic E-state index is 8.67. The van der Waals surface area contributed by atoms with Gasteiger partial charge in [-0.2, -0.15) is 0 Å². The second-order valence-corrected chi connectivity index (χ2v) is 4.42. The first kappa shape index (κ1) is 13.9. The fraction of sp³-hybridized carbons (Fsp3) is 0.188. The van der Waals surface area contributed by atoms with Gasteiger partial charge in [0.15, 0.2) is 0 Å². The molecular weight excluding hydrogens is 254 g/mol. The number of benzene rings is 2. The highest BCUT2D eigenvalue weighted by Crippen LogP contribution is 2.24. The maximum Gasteiger partial charge on any atom is 0.132 e. The Bertz CT molecular complexity index is 591. The summed E-state index contributed by atoms with van der Waals surface area (Å²) in [6.07, 6.45) is 1.34. The van der Waals surface area contributed by atoms with Gasteiger partial charge in [0, 0.05) is 11.6 Å². The largest absolute Gasteiger partial charge is 0.497 e. The minimum atomic E-state index is 0.444. The van der Waals surface area contributed by atoms with Crippen LogP contribution in [-0.2, 0) is 6.61 Å². The van der Waals surface area contributed by atoms with Crippen molar-refractivity contribution < 1.29 is 14.7 Å². The van der Waals surface area contributed by atoms with Crippen molar-refractivity contribution in [2.75, 3.05) is 7.11 Å². The monoisotopic (exact) mass is 271 g/mol. The number of ether oxygens (including phenoxy) is 2. The van der Waals surface area contributed by atoms with Crippen molar-refractivity contribution in [1.82, 2.24) is 0 Å². The SMILES string of the molecule is COc1ccc(C=NO)c(OCc2ccc(C)cc2)c1. The van der Waals surface area contributed by atoms with Gasteiger partial charge in [-0.1, -0.05) is 35.0 Å². The van der Waals surface area contributed by atoms with E-state index in [1.165, 1.54) is 11.8 Å². The molecule has 0 amide bonds. The zero-order chi connectivity index (χ0) is 14.4. The van der Waals surface area contributed by atoms with Crippen LogP contribution in [0.2, 0.25) is 0 Å². The third-order valence-corrected chi connectivity index (χ3v) is 2.93. The van der Waals surface area contributed by atoms with E-state index in [0.717, 1.165) is 5.56 Å². The molecule has 0 bridgehead atoms. The highest BCUT2D eigenvalue weighted by Gasteiger charge is 2.05. The molecule has 1 N–H and O–H groups in total. The van der Waals surface area contributed by atoms with Crippen LogP contribution in [0.15, 0.2) is 47.6 Å². The van der Waals surface area contributed by atoms with E-state index in [0.29, 0.717) is 23.7 Å².